The van der Waals surface area contributed by atoms with E-state index >= 15 is 0 Å². The van der Waals surface area contributed by atoms with Crippen LogP contribution in [0.3, 0.4) is 0 Å². The van der Waals surface area contributed by atoms with Gasteiger partial charge in [0.2, 0.25) is 0 Å². The van der Waals surface area contributed by atoms with Crippen LogP contribution in [0.2, 0.25) is 0 Å². The van der Waals surface area contributed by atoms with Crippen molar-refractivity contribution in [1.29, 1.82) is 0 Å². The molecule has 1 saturated heterocycles. The molecular weight excluding hydrogens is 235 g/mol. The number of aromatic nitrogens is 2. The maximum Gasteiger partial charge on any atom is 0.433 e. The van der Waals surface area contributed by atoms with E-state index in [4.69, 9.17) is 10.5 Å². The zero-order valence-corrected chi connectivity index (χ0v) is 9.20. The van der Waals surface area contributed by atoms with Crippen LogP contribution in [0, 0.1) is 5.92 Å². The molecule has 1 fully saturated rings. The smallest absolute Gasteiger partial charge is 0.382 e. The van der Waals surface area contributed by atoms with Crippen molar-refractivity contribution in [2.45, 2.75) is 25.6 Å². The zero-order chi connectivity index (χ0) is 12.5. The van der Waals surface area contributed by atoms with E-state index in [2.05, 4.69) is 5.10 Å². The molecule has 0 radical (unpaired) electrons. The molecule has 4 nitrogen and oxygen atoms in total. The number of nitrogens with zero attached hydrogens (tertiary/aromatic N) is 2. The Bertz CT molecular complexity index is 383. The van der Waals surface area contributed by atoms with Gasteiger partial charge in [-0.3, -0.25) is 4.68 Å². The lowest BCUT2D eigenvalue weighted by molar-refractivity contribution is -0.144. The summed E-state index contributed by atoms with van der Waals surface area (Å²) >= 11 is 0. The van der Waals surface area contributed by atoms with Gasteiger partial charge in [-0.15, -0.1) is 0 Å². The van der Waals surface area contributed by atoms with E-state index in [-0.39, 0.29) is 18.3 Å². The lowest BCUT2D eigenvalue weighted by atomic mass is 10.0. The Balaban J connectivity index is 2.14. The summed E-state index contributed by atoms with van der Waals surface area (Å²) in [6, 6.07) is 0.874. The third kappa shape index (κ3) is 2.91. The van der Waals surface area contributed by atoms with Crippen LogP contribution in [0.15, 0.2) is 6.07 Å². The van der Waals surface area contributed by atoms with E-state index < -0.39 is 11.9 Å². The van der Waals surface area contributed by atoms with Gasteiger partial charge in [0, 0.05) is 25.8 Å². The number of nitrogens with two attached hydrogens (primary N) is 1. The van der Waals surface area contributed by atoms with E-state index in [1.54, 1.807) is 0 Å². The van der Waals surface area contributed by atoms with Gasteiger partial charge in [-0.25, -0.2) is 0 Å². The van der Waals surface area contributed by atoms with Gasteiger partial charge in [0.1, 0.15) is 11.5 Å². The second-order valence-electron chi connectivity index (χ2n) is 4.19. The Morgan fingerprint density at radius 3 is 2.65 bits per heavy atom. The third-order valence-electron chi connectivity index (χ3n) is 2.86. The molecule has 0 bridgehead atoms. The summed E-state index contributed by atoms with van der Waals surface area (Å²) in [5.41, 5.74) is 4.55. The van der Waals surface area contributed by atoms with Crippen molar-refractivity contribution in [3.05, 3.63) is 11.8 Å². The summed E-state index contributed by atoms with van der Waals surface area (Å²) in [6.45, 7) is 1.45. The summed E-state index contributed by atoms with van der Waals surface area (Å²) in [7, 11) is 0. The van der Waals surface area contributed by atoms with E-state index in [0.29, 0.717) is 13.2 Å². The molecule has 1 aliphatic heterocycles. The number of hydrogen-bond donors (Lipinski definition) is 1. The normalized spacial score (nSPS) is 18.5. The first kappa shape index (κ1) is 12.2. The number of rotatable bonds is 2. The standard InChI is InChI=1S/C10H14F3N3O/c11-10(12,13)8-5-9(14)15-16(8)6-7-1-3-17-4-2-7/h5,7H,1-4,6H2,(H2,14,15). The van der Waals surface area contributed by atoms with Crippen LogP contribution in [0.25, 0.3) is 0 Å². The Morgan fingerprint density at radius 1 is 1.41 bits per heavy atom. The Labute approximate surface area is 96.5 Å². The van der Waals surface area contributed by atoms with Crippen LogP contribution in [0.4, 0.5) is 19.0 Å². The van der Waals surface area contributed by atoms with Crippen molar-refractivity contribution in [1.82, 2.24) is 9.78 Å². The highest BCUT2D eigenvalue weighted by molar-refractivity contribution is 5.30. The highest BCUT2D eigenvalue weighted by Gasteiger charge is 2.36. The molecule has 96 valence electrons. The van der Waals surface area contributed by atoms with E-state index in [1.807, 2.05) is 0 Å². The van der Waals surface area contributed by atoms with E-state index in [0.717, 1.165) is 23.6 Å². The Kier molecular flexibility index (Phi) is 3.28. The van der Waals surface area contributed by atoms with Gasteiger partial charge in [0.05, 0.1) is 0 Å². The molecule has 17 heavy (non-hydrogen) atoms. The molecule has 0 amide bonds. The maximum atomic E-state index is 12.7. The van der Waals surface area contributed by atoms with Gasteiger partial charge in [-0.2, -0.15) is 18.3 Å². The van der Waals surface area contributed by atoms with Gasteiger partial charge < -0.3 is 10.5 Å². The summed E-state index contributed by atoms with van der Waals surface area (Å²) < 4.78 is 44.2. The summed E-state index contributed by atoms with van der Waals surface area (Å²) in [6.07, 6.45) is -2.89. The summed E-state index contributed by atoms with van der Waals surface area (Å²) in [5.74, 6) is 0.0773. The van der Waals surface area contributed by atoms with E-state index in [1.165, 1.54) is 0 Å². The van der Waals surface area contributed by atoms with Crippen molar-refractivity contribution in [3.8, 4) is 0 Å². The number of hydrogen-bond acceptors (Lipinski definition) is 3. The first-order valence-corrected chi connectivity index (χ1v) is 5.45. The second kappa shape index (κ2) is 4.56. The molecule has 0 aliphatic carbocycles. The molecule has 0 saturated carbocycles. The average molecular weight is 249 g/mol. The van der Waals surface area contributed by atoms with Crippen LogP contribution >= 0.6 is 0 Å². The van der Waals surface area contributed by atoms with Gasteiger partial charge >= 0.3 is 6.18 Å². The predicted octanol–water partition coefficient (Wildman–Crippen LogP) is 1.91. The molecule has 0 unspecified atom stereocenters. The molecule has 0 spiro atoms. The van der Waals surface area contributed by atoms with Crippen LogP contribution < -0.4 is 5.73 Å². The molecule has 0 atom stereocenters. The van der Waals surface area contributed by atoms with Gasteiger partial charge in [0.15, 0.2) is 0 Å². The highest BCUT2D eigenvalue weighted by Crippen LogP contribution is 2.31. The molecule has 2 rings (SSSR count). The minimum Gasteiger partial charge on any atom is -0.382 e. The second-order valence-corrected chi connectivity index (χ2v) is 4.19. The molecule has 1 aliphatic rings. The van der Waals surface area contributed by atoms with Crippen molar-refractivity contribution in [3.63, 3.8) is 0 Å². The molecule has 1 aromatic heterocycles. The molecule has 2 heterocycles. The average Bonchev–Trinajstić information content (AvgIpc) is 2.60. The first-order chi connectivity index (χ1) is 7.97. The number of alkyl halides is 3. The minimum absolute atomic E-state index is 0.0932. The Hall–Kier alpha value is -1.24. The quantitative estimate of drug-likeness (QED) is 0.871. The minimum atomic E-state index is -4.41. The molecule has 2 N–H and O–H groups in total. The molecule has 1 aromatic rings. The fraction of sp³-hybridized carbons (Fsp3) is 0.700. The van der Waals surface area contributed by atoms with E-state index in [9.17, 15) is 13.2 Å². The highest BCUT2D eigenvalue weighted by atomic mass is 19.4. The largest absolute Gasteiger partial charge is 0.433 e. The van der Waals surface area contributed by atoms with Crippen LogP contribution in [0.1, 0.15) is 18.5 Å². The molecular formula is C10H14F3N3O. The maximum absolute atomic E-state index is 12.7. The van der Waals surface area contributed by atoms with Crippen molar-refractivity contribution in [2.75, 3.05) is 18.9 Å². The number of nitrogen functional groups attached to an aromatic ring is 1. The number of anilines is 1. The summed E-state index contributed by atoms with van der Waals surface area (Å²) in [5, 5.41) is 3.70. The lowest BCUT2D eigenvalue weighted by Crippen LogP contribution is -2.24. The fourth-order valence-electron chi connectivity index (χ4n) is 1.98. The third-order valence-corrected chi connectivity index (χ3v) is 2.86. The first-order valence-electron chi connectivity index (χ1n) is 5.45. The van der Waals surface area contributed by atoms with Gasteiger partial charge in [0.25, 0.3) is 0 Å². The lowest BCUT2D eigenvalue weighted by Gasteiger charge is -2.22. The van der Waals surface area contributed by atoms with Crippen molar-refractivity contribution < 1.29 is 17.9 Å². The monoisotopic (exact) mass is 249 g/mol. The van der Waals surface area contributed by atoms with Gasteiger partial charge in [-0.05, 0) is 18.8 Å². The number of ether oxygens (including phenoxy) is 1. The molecule has 7 heteroatoms. The number of halogens is 3. The van der Waals surface area contributed by atoms with Crippen LogP contribution in [0.5, 0.6) is 0 Å². The zero-order valence-electron chi connectivity index (χ0n) is 9.20. The van der Waals surface area contributed by atoms with Gasteiger partial charge in [-0.1, -0.05) is 0 Å². The SMILES string of the molecule is Nc1cc(C(F)(F)F)n(CC2CCOCC2)n1. The fourth-order valence-corrected chi connectivity index (χ4v) is 1.98. The molecule has 0 aromatic carbocycles. The van der Waals surface area contributed by atoms with Crippen molar-refractivity contribution >= 4 is 5.82 Å². The predicted molar refractivity (Wildman–Crippen MR) is 55.2 cm³/mol. The van der Waals surface area contributed by atoms with Crippen molar-refractivity contribution in [2.24, 2.45) is 5.92 Å². The summed E-state index contributed by atoms with van der Waals surface area (Å²) in [4.78, 5) is 0. The topological polar surface area (TPSA) is 53.1 Å². The van der Waals surface area contributed by atoms with Crippen LogP contribution in [-0.2, 0) is 17.5 Å². The van der Waals surface area contributed by atoms with Crippen LogP contribution in [-0.4, -0.2) is 23.0 Å². The Morgan fingerprint density at radius 2 is 2.06 bits per heavy atom.